The van der Waals surface area contributed by atoms with E-state index >= 15 is 0 Å². The average molecular weight is 769 g/mol. The zero-order valence-corrected chi connectivity index (χ0v) is 37.0. The zero-order chi connectivity index (χ0) is 39.4. The van der Waals surface area contributed by atoms with Gasteiger partial charge >= 0.3 is 0 Å². The molecule has 1 aliphatic carbocycles. The molecule has 0 bridgehead atoms. The Morgan fingerprint density at radius 1 is 0.600 bits per heavy atom. The van der Waals surface area contributed by atoms with Gasteiger partial charge in [0.1, 0.15) is 6.04 Å². The Bertz CT molecular complexity index is 951. The summed E-state index contributed by atoms with van der Waals surface area (Å²) >= 11 is 0. The van der Waals surface area contributed by atoms with Crippen LogP contribution in [0.2, 0.25) is 0 Å². The summed E-state index contributed by atoms with van der Waals surface area (Å²) in [5.41, 5.74) is 0. The van der Waals surface area contributed by atoms with Crippen molar-refractivity contribution in [3.63, 3.8) is 0 Å². The van der Waals surface area contributed by atoms with Crippen LogP contribution in [-0.4, -0.2) is 84.9 Å². The van der Waals surface area contributed by atoms with Crippen LogP contribution >= 0.6 is 0 Å². The molecule has 0 radical (unpaired) electrons. The minimum atomic E-state index is -0.345. The maximum absolute atomic E-state index is 14.2. The highest BCUT2D eigenvalue weighted by Crippen LogP contribution is 2.21. The van der Waals surface area contributed by atoms with Gasteiger partial charge in [-0.3, -0.25) is 14.5 Å². The fourth-order valence-electron chi connectivity index (χ4n) is 8.47. The van der Waals surface area contributed by atoms with E-state index in [2.05, 4.69) is 60.3 Å². The summed E-state index contributed by atoms with van der Waals surface area (Å²) in [5.74, 6) is 0.321. The van der Waals surface area contributed by atoms with Gasteiger partial charge in [-0.05, 0) is 84.1 Å². The van der Waals surface area contributed by atoms with Crippen LogP contribution in [0, 0.1) is 0 Å². The molecule has 2 fully saturated rings. The van der Waals surface area contributed by atoms with Crippen LogP contribution in [0.25, 0.3) is 0 Å². The van der Waals surface area contributed by atoms with E-state index in [1.807, 2.05) is 4.90 Å². The summed E-state index contributed by atoms with van der Waals surface area (Å²) in [6, 6.07) is -0.0843. The molecule has 6 nitrogen and oxygen atoms in total. The van der Waals surface area contributed by atoms with Crippen molar-refractivity contribution in [3.8, 4) is 0 Å². The summed E-state index contributed by atoms with van der Waals surface area (Å²) < 4.78 is 0. The van der Waals surface area contributed by atoms with Crippen molar-refractivity contribution >= 4 is 11.8 Å². The van der Waals surface area contributed by atoms with Gasteiger partial charge in [0.25, 0.3) is 0 Å². The molecule has 0 aromatic rings. The van der Waals surface area contributed by atoms with Gasteiger partial charge in [0.2, 0.25) is 11.8 Å². The van der Waals surface area contributed by atoms with Crippen LogP contribution in [0.1, 0.15) is 219 Å². The first kappa shape index (κ1) is 49.5. The Kier molecular flexibility index (Phi) is 31.9. The normalized spacial score (nSPS) is 16.9. The van der Waals surface area contributed by atoms with E-state index in [1.165, 1.54) is 154 Å². The topological polar surface area (TPSA) is 55.9 Å². The molecule has 55 heavy (non-hydrogen) atoms. The molecule has 1 N–H and O–H groups in total. The minimum absolute atomic E-state index is 0.118. The Morgan fingerprint density at radius 2 is 1.05 bits per heavy atom. The van der Waals surface area contributed by atoms with Crippen LogP contribution in [0.4, 0.5) is 0 Å². The molecule has 2 amide bonds. The maximum atomic E-state index is 14.2. The number of hydrogen-bond donors (Lipinski definition) is 1. The van der Waals surface area contributed by atoms with Crippen LogP contribution in [0.3, 0.4) is 0 Å². The molecule has 0 aromatic carbocycles. The first-order chi connectivity index (χ1) is 27.0. The number of carbonyl (C=O) groups is 2. The Balaban J connectivity index is 1.88. The predicted molar refractivity (Wildman–Crippen MR) is 239 cm³/mol. The molecular formula is C49H92N4O2. The van der Waals surface area contributed by atoms with Gasteiger partial charge < -0.3 is 15.1 Å². The molecular weight excluding hydrogens is 677 g/mol. The van der Waals surface area contributed by atoms with Crippen molar-refractivity contribution < 1.29 is 9.59 Å². The predicted octanol–water partition coefficient (Wildman–Crippen LogP) is 12.6. The second-order valence-electron chi connectivity index (χ2n) is 17.4. The lowest BCUT2D eigenvalue weighted by atomic mass is 10.0. The van der Waals surface area contributed by atoms with Crippen molar-refractivity contribution in [3.05, 3.63) is 24.3 Å². The van der Waals surface area contributed by atoms with Crippen molar-refractivity contribution in [2.24, 2.45) is 0 Å². The number of carbonyl (C=O) groups excluding carboxylic acids is 2. The fraction of sp³-hybridized carbons (Fsp3) is 0.878. The molecule has 1 saturated heterocycles. The average Bonchev–Trinajstić information content (AvgIpc) is 3.46. The molecule has 320 valence electrons. The molecule has 1 atom stereocenters. The van der Waals surface area contributed by atoms with E-state index in [1.54, 1.807) is 0 Å². The van der Waals surface area contributed by atoms with E-state index in [4.69, 9.17) is 0 Å². The zero-order valence-electron chi connectivity index (χ0n) is 37.0. The monoisotopic (exact) mass is 769 g/mol. The molecule has 2 rings (SSSR count). The number of nitrogens with zero attached hydrogens (tertiary/aromatic N) is 3. The Morgan fingerprint density at radius 3 is 1.58 bits per heavy atom. The largest absolute Gasteiger partial charge is 0.352 e. The summed E-state index contributed by atoms with van der Waals surface area (Å²) in [6.45, 7) is 10.3. The number of likely N-dealkylation sites (N-methyl/N-ethyl adjacent to an activating group) is 1. The second-order valence-corrected chi connectivity index (χ2v) is 17.4. The fourth-order valence-corrected chi connectivity index (χ4v) is 8.47. The van der Waals surface area contributed by atoms with Crippen molar-refractivity contribution in [2.45, 2.75) is 231 Å². The number of piperazine rings is 1. The highest BCUT2D eigenvalue weighted by Gasteiger charge is 2.31. The Labute approximate surface area is 342 Å². The molecule has 6 heteroatoms. The van der Waals surface area contributed by atoms with Gasteiger partial charge in [-0.25, -0.2) is 0 Å². The first-order valence-electron chi connectivity index (χ1n) is 24.4. The van der Waals surface area contributed by atoms with Crippen LogP contribution in [0.5, 0.6) is 0 Å². The lowest BCUT2D eigenvalue weighted by Gasteiger charge is -2.36. The number of hydrogen-bond acceptors (Lipinski definition) is 4. The summed E-state index contributed by atoms with van der Waals surface area (Å²) in [4.78, 5) is 35.3. The number of rotatable bonds is 34. The molecule has 1 unspecified atom stereocenters. The van der Waals surface area contributed by atoms with Crippen LogP contribution < -0.4 is 5.32 Å². The molecule has 1 saturated carbocycles. The third-order valence-electron chi connectivity index (χ3n) is 12.3. The smallest absolute Gasteiger partial charge is 0.243 e. The molecule has 2 aliphatic rings. The number of unbranched alkanes of at least 4 members (excludes halogenated alkanes) is 20. The maximum Gasteiger partial charge on any atom is 0.243 e. The molecule has 1 heterocycles. The summed E-state index contributed by atoms with van der Waals surface area (Å²) in [6.07, 6.45) is 48.0. The summed E-state index contributed by atoms with van der Waals surface area (Å²) in [7, 11) is 2.20. The van der Waals surface area contributed by atoms with E-state index in [0.29, 0.717) is 13.0 Å². The van der Waals surface area contributed by atoms with Crippen molar-refractivity contribution in [2.75, 3.05) is 46.3 Å². The van der Waals surface area contributed by atoms with E-state index < -0.39 is 0 Å². The van der Waals surface area contributed by atoms with Gasteiger partial charge in [-0.2, -0.15) is 0 Å². The lowest BCUT2D eigenvalue weighted by Crippen LogP contribution is -2.54. The highest BCUT2D eigenvalue weighted by molar-refractivity contribution is 5.87. The van der Waals surface area contributed by atoms with Crippen LogP contribution in [0.15, 0.2) is 24.3 Å². The lowest BCUT2D eigenvalue weighted by molar-refractivity contribution is -0.141. The standard InChI is InChI=1S/C49H92N4O2/c1-4-6-8-10-12-14-16-18-19-21-22-24-26-28-34-38-47(49(55)50-46-36-32-30-31-33-37-46)53(45-44-52-42-40-51(3)41-43-52)48(54)39-35-29-27-25-23-20-17-15-13-11-9-7-5-2/h15,17-19,46-47H,4-14,16,20-45H2,1-3H3,(H,50,55)/b17-15-,19-18-. The van der Waals surface area contributed by atoms with Crippen molar-refractivity contribution in [1.29, 1.82) is 0 Å². The third-order valence-corrected chi connectivity index (χ3v) is 12.3. The number of nitrogens with one attached hydrogen (secondary N) is 1. The molecule has 1 aliphatic heterocycles. The van der Waals surface area contributed by atoms with E-state index in [9.17, 15) is 9.59 Å². The molecule has 0 spiro atoms. The second kappa shape index (κ2) is 35.5. The highest BCUT2D eigenvalue weighted by atomic mass is 16.2. The number of amides is 2. The van der Waals surface area contributed by atoms with Gasteiger partial charge in [0, 0.05) is 51.7 Å². The summed E-state index contributed by atoms with van der Waals surface area (Å²) in [5, 5.41) is 3.49. The third kappa shape index (κ3) is 26.8. The van der Waals surface area contributed by atoms with E-state index in [-0.39, 0.29) is 23.9 Å². The van der Waals surface area contributed by atoms with Gasteiger partial charge in [0.05, 0.1) is 0 Å². The van der Waals surface area contributed by atoms with Gasteiger partial charge in [0.15, 0.2) is 0 Å². The van der Waals surface area contributed by atoms with Gasteiger partial charge in [-0.1, -0.05) is 160 Å². The van der Waals surface area contributed by atoms with E-state index in [0.717, 1.165) is 77.7 Å². The first-order valence-corrected chi connectivity index (χ1v) is 24.4. The van der Waals surface area contributed by atoms with Crippen molar-refractivity contribution in [1.82, 2.24) is 20.0 Å². The van der Waals surface area contributed by atoms with Crippen LogP contribution in [-0.2, 0) is 9.59 Å². The quantitative estimate of drug-likeness (QED) is 0.0402. The number of allylic oxidation sites excluding steroid dienone is 4. The minimum Gasteiger partial charge on any atom is -0.352 e. The molecule has 0 aromatic heterocycles. The Hall–Kier alpha value is -1.66. The SMILES string of the molecule is CCCCCC/C=C\CCCCCCCC(=O)N(CCN1CCN(C)CC1)C(CCCCCCC/C=C\CCCCCCCC)C(=O)NC1CCCCCC1. The van der Waals surface area contributed by atoms with Gasteiger partial charge in [-0.15, -0.1) is 0 Å².